The number of ether oxygens (including phenoxy) is 5. The quantitative estimate of drug-likeness (QED) is 0.220. The summed E-state index contributed by atoms with van der Waals surface area (Å²) in [5, 5.41) is 0. The Morgan fingerprint density at radius 2 is 1.25 bits per heavy atom. The van der Waals surface area contributed by atoms with E-state index in [9.17, 15) is 0 Å². The van der Waals surface area contributed by atoms with E-state index < -0.39 is 6.29 Å². The molecule has 0 unspecified atom stereocenters. The van der Waals surface area contributed by atoms with Crippen LogP contribution < -0.4 is 0 Å². The third-order valence-electron chi connectivity index (χ3n) is 7.20. The van der Waals surface area contributed by atoms with Gasteiger partial charge in [-0.05, 0) is 30.2 Å². The van der Waals surface area contributed by atoms with Crippen molar-refractivity contribution in [2.45, 2.75) is 61.2 Å². The minimum Gasteiger partial charge on any atom is -0.368 e. The zero-order chi connectivity index (χ0) is 27.1. The second-order valence-electron chi connectivity index (χ2n) is 10.2. The fraction of sp³-hybridized carbons (Fsp3) is 0.294. The van der Waals surface area contributed by atoms with Gasteiger partial charge >= 0.3 is 0 Å². The van der Waals surface area contributed by atoms with E-state index >= 15 is 0 Å². The van der Waals surface area contributed by atoms with Gasteiger partial charge in [0, 0.05) is 10.5 Å². The van der Waals surface area contributed by atoms with Gasteiger partial charge in [0.1, 0.15) is 29.9 Å². The van der Waals surface area contributed by atoms with Crippen molar-refractivity contribution < 1.29 is 23.7 Å². The summed E-state index contributed by atoms with van der Waals surface area (Å²) < 4.78 is 32.9. The molecule has 2 heterocycles. The van der Waals surface area contributed by atoms with E-state index in [0.29, 0.717) is 19.8 Å². The summed E-state index contributed by atoms with van der Waals surface area (Å²) in [5.41, 5.74) is 4.08. The Balaban J connectivity index is 1.30. The Morgan fingerprint density at radius 3 is 1.88 bits per heavy atom. The second-order valence-corrected chi connectivity index (χ2v) is 11.3. The smallest absolute Gasteiger partial charge is 0.184 e. The lowest BCUT2D eigenvalue weighted by Gasteiger charge is -2.49. The first-order valence-corrected chi connectivity index (χ1v) is 14.6. The van der Waals surface area contributed by atoms with E-state index in [-0.39, 0.29) is 29.9 Å². The van der Waals surface area contributed by atoms with Crippen LogP contribution >= 0.6 is 11.8 Å². The molecular weight excluding hydrogens is 520 g/mol. The number of thioether (sulfide) groups is 1. The van der Waals surface area contributed by atoms with Gasteiger partial charge in [-0.25, -0.2) is 0 Å². The number of aryl methyl sites for hydroxylation is 1. The molecule has 0 aromatic heterocycles. The van der Waals surface area contributed by atoms with Crippen LogP contribution in [0.4, 0.5) is 0 Å². The molecule has 0 N–H and O–H groups in total. The van der Waals surface area contributed by atoms with Crippen molar-refractivity contribution in [3.8, 4) is 0 Å². The molecule has 0 saturated carbocycles. The summed E-state index contributed by atoms with van der Waals surface area (Å²) in [6.45, 7) is 3.39. The number of benzene rings is 4. The van der Waals surface area contributed by atoms with Crippen LogP contribution in [0.1, 0.15) is 28.5 Å². The molecular formula is C34H34O5S. The summed E-state index contributed by atoms with van der Waals surface area (Å²) in [6.07, 6.45) is -1.91. The van der Waals surface area contributed by atoms with Crippen molar-refractivity contribution in [2.75, 3.05) is 6.61 Å². The van der Waals surface area contributed by atoms with Crippen LogP contribution in [0, 0.1) is 6.92 Å². The van der Waals surface area contributed by atoms with Crippen LogP contribution in [-0.4, -0.2) is 36.5 Å². The Morgan fingerprint density at radius 1 is 0.675 bits per heavy atom. The molecule has 4 aromatic carbocycles. The molecule has 6 atom stereocenters. The maximum Gasteiger partial charge on any atom is 0.184 e. The van der Waals surface area contributed by atoms with Gasteiger partial charge in [0.2, 0.25) is 0 Å². The van der Waals surface area contributed by atoms with Gasteiger partial charge in [-0.3, -0.25) is 0 Å². The number of hydrogen-bond acceptors (Lipinski definition) is 6. The topological polar surface area (TPSA) is 46.2 Å². The normalized spacial score (nSPS) is 26.2. The van der Waals surface area contributed by atoms with Crippen LogP contribution in [0.2, 0.25) is 0 Å². The first-order chi connectivity index (χ1) is 19.7. The molecule has 2 aliphatic heterocycles. The predicted molar refractivity (Wildman–Crippen MR) is 156 cm³/mol. The lowest BCUT2D eigenvalue weighted by atomic mass is 9.98. The average molecular weight is 555 g/mol. The molecule has 0 radical (unpaired) electrons. The molecule has 206 valence electrons. The molecule has 0 spiro atoms. The van der Waals surface area contributed by atoms with Gasteiger partial charge in [-0.15, -0.1) is 0 Å². The summed E-state index contributed by atoms with van der Waals surface area (Å²) in [7, 11) is 0. The molecule has 0 aliphatic carbocycles. The molecule has 0 bridgehead atoms. The van der Waals surface area contributed by atoms with Crippen LogP contribution in [0.25, 0.3) is 0 Å². The van der Waals surface area contributed by atoms with Crippen molar-refractivity contribution in [2.24, 2.45) is 0 Å². The number of hydrogen-bond donors (Lipinski definition) is 0. The average Bonchev–Trinajstić information content (AvgIpc) is 3.01. The maximum atomic E-state index is 6.71. The van der Waals surface area contributed by atoms with Gasteiger partial charge < -0.3 is 23.7 Å². The van der Waals surface area contributed by atoms with Crippen molar-refractivity contribution in [1.29, 1.82) is 0 Å². The first-order valence-electron chi connectivity index (χ1n) is 13.7. The third-order valence-corrected chi connectivity index (χ3v) is 8.36. The predicted octanol–water partition coefficient (Wildman–Crippen LogP) is 7.10. The standard InChI is InChI=1S/C34H34O5S/c1-24-17-19-28(20-18-24)40-34-32(36-22-26-13-7-3-8-14-26)31(35-21-25-11-5-2-6-12-25)30-29(38-34)23-37-33(39-30)27-15-9-4-10-16-27/h2-20,29-34H,21-23H2,1H3/t29-,30-,31+,32-,33-,34+/m1/s1. The van der Waals surface area contributed by atoms with Crippen molar-refractivity contribution >= 4 is 11.8 Å². The third kappa shape index (κ3) is 6.66. The van der Waals surface area contributed by atoms with Crippen molar-refractivity contribution in [1.82, 2.24) is 0 Å². The highest BCUT2D eigenvalue weighted by atomic mass is 32.2. The van der Waals surface area contributed by atoms with E-state index in [4.69, 9.17) is 23.7 Å². The van der Waals surface area contributed by atoms with Gasteiger partial charge in [0.05, 0.1) is 19.8 Å². The lowest BCUT2D eigenvalue weighted by molar-refractivity contribution is -0.329. The van der Waals surface area contributed by atoms with Gasteiger partial charge in [0.15, 0.2) is 6.29 Å². The van der Waals surface area contributed by atoms with Gasteiger partial charge in [-0.1, -0.05) is 120 Å². The molecule has 0 amide bonds. The van der Waals surface area contributed by atoms with Crippen molar-refractivity contribution in [3.63, 3.8) is 0 Å². The fourth-order valence-corrected chi connectivity index (χ4v) is 6.20. The first kappa shape index (κ1) is 27.2. The number of rotatable bonds is 9. The maximum absolute atomic E-state index is 6.71. The second kappa shape index (κ2) is 13.1. The molecule has 2 saturated heterocycles. The highest BCUT2D eigenvalue weighted by Crippen LogP contribution is 2.41. The summed E-state index contributed by atoms with van der Waals surface area (Å²) >= 11 is 1.66. The summed E-state index contributed by atoms with van der Waals surface area (Å²) in [4.78, 5) is 1.11. The highest BCUT2D eigenvalue weighted by molar-refractivity contribution is 7.99. The molecule has 6 rings (SSSR count). The van der Waals surface area contributed by atoms with E-state index in [0.717, 1.165) is 21.6 Å². The number of fused-ring (bicyclic) bond motifs is 1. The summed E-state index contributed by atoms with van der Waals surface area (Å²) in [6, 6.07) is 39.0. The SMILES string of the molecule is Cc1ccc(S[C@@H]2O[C@@H]3CO[C@@H](c4ccccc4)O[C@H]3[C@H](OCc3ccccc3)[C@H]2OCc2ccccc2)cc1. The molecule has 5 nitrogen and oxygen atoms in total. The van der Waals surface area contributed by atoms with Gasteiger partial charge in [0.25, 0.3) is 0 Å². The Labute approximate surface area is 240 Å². The Bertz CT molecular complexity index is 1320. The molecule has 4 aromatic rings. The molecule has 6 heteroatoms. The zero-order valence-electron chi connectivity index (χ0n) is 22.5. The van der Waals surface area contributed by atoms with E-state index in [2.05, 4.69) is 55.5 Å². The molecule has 2 fully saturated rings. The van der Waals surface area contributed by atoms with E-state index in [1.165, 1.54) is 5.56 Å². The van der Waals surface area contributed by atoms with Crippen LogP contribution in [0.15, 0.2) is 120 Å². The Kier molecular flexibility index (Phi) is 8.93. The fourth-order valence-electron chi connectivity index (χ4n) is 5.07. The largest absolute Gasteiger partial charge is 0.368 e. The van der Waals surface area contributed by atoms with E-state index in [1.54, 1.807) is 11.8 Å². The minimum absolute atomic E-state index is 0.291. The lowest BCUT2D eigenvalue weighted by Crippen LogP contribution is -2.62. The zero-order valence-corrected chi connectivity index (χ0v) is 23.3. The van der Waals surface area contributed by atoms with Crippen LogP contribution in [0.3, 0.4) is 0 Å². The molecule has 2 aliphatic rings. The summed E-state index contributed by atoms with van der Waals surface area (Å²) in [5.74, 6) is 0. The van der Waals surface area contributed by atoms with E-state index in [1.807, 2.05) is 66.7 Å². The van der Waals surface area contributed by atoms with Gasteiger partial charge in [-0.2, -0.15) is 0 Å². The highest BCUT2D eigenvalue weighted by Gasteiger charge is 2.51. The monoisotopic (exact) mass is 554 g/mol. The molecule has 40 heavy (non-hydrogen) atoms. The Hall–Kier alpha value is -2.97. The van der Waals surface area contributed by atoms with Crippen LogP contribution in [0.5, 0.6) is 0 Å². The van der Waals surface area contributed by atoms with Crippen molar-refractivity contribution in [3.05, 3.63) is 138 Å². The van der Waals surface area contributed by atoms with Crippen LogP contribution in [-0.2, 0) is 36.9 Å². The minimum atomic E-state index is -0.495.